The lowest BCUT2D eigenvalue weighted by atomic mass is 9.95. The number of hydrogen-bond acceptors (Lipinski definition) is 6. The number of rotatable bonds is 9. The Bertz CT molecular complexity index is 1240. The van der Waals surface area contributed by atoms with Crippen LogP contribution in [0.2, 0.25) is 0 Å². The lowest BCUT2D eigenvalue weighted by Gasteiger charge is -2.31. The molecule has 14 heteroatoms. The molecule has 3 rings (SSSR count). The summed E-state index contributed by atoms with van der Waals surface area (Å²) in [6, 6.07) is 13.0. The highest BCUT2D eigenvalue weighted by molar-refractivity contribution is 7.92. The summed E-state index contributed by atoms with van der Waals surface area (Å²) in [5, 5.41) is 10.0. The average Bonchev–Trinajstić information content (AvgIpc) is 2.91. The average molecular weight is 588 g/mol. The summed E-state index contributed by atoms with van der Waals surface area (Å²) < 4.78 is 64.3. The number of nitrogens with zero attached hydrogens (tertiary/aromatic N) is 1. The summed E-state index contributed by atoms with van der Waals surface area (Å²) >= 11 is 0. The van der Waals surface area contributed by atoms with Crippen molar-refractivity contribution >= 4 is 33.5 Å². The van der Waals surface area contributed by atoms with Gasteiger partial charge in [-0.1, -0.05) is 17.7 Å². The molecule has 0 aliphatic carbocycles. The third-order valence-electron chi connectivity index (χ3n) is 5.94. The first-order valence-electron chi connectivity index (χ1n) is 12.3. The number of alkyl halides is 3. The fourth-order valence-corrected chi connectivity index (χ4v) is 4.77. The van der Waals surface area contributed by atoms with Crippen molar-refractivity contribution in [3.63, 3.8) is 0 Å². The minimum atomic E-state index is -5.08. The molecule has 220 valence electrons. The van der Waals surface area contributed by atoms with Crippen LogP contribution in [0.5, 0.6) is 0 Å². The van der Waals surface area contributed by atoms with Crippen molar-refractivity contribution in [1.82, 2.24) is 10.2 Å². The van der Waals surface area contributed by atoms with Gasteiger partial charge in [-0.3, -0.25) is 14.3 Å². The van der Waals surface area contributed by atoms with Gasteiger partial charge in [-0.2, -0.15) is 13.2 Å². The van der Waals surface area contributed by atoms with E-state index in [0.29, 0.717) is 50.3 Å². The summed E-state index contributed by atoms with van der Waals surface area (Å²) in [6.45, 7) is 4.11. The van der Waals surface area contributed by atoms with Crippen molar-refractivity contribution in [2.45, 2.75) is 37.3 Å². The number of carbonyl (C=O) groups excluding carboxylic acids is 2. The molecule has 0 spiro atoms. The van der Waals surface area contributed by atoms with E-state index in [-0.39, 0.29) is 22.6 Å². The van der Waals surface area contributed by atoms with Gasteiger partial charge in [-0.05, 0) is 62.6 Å². The number of anilines is 1. The molecule has 2 aromatic carbocycles. The number of benzene rings is 2. The van der Waals surface area contributed by atoms with Crippen LogP contribution in [-0.4, -0.2) is 75.7 Å². The molecule has 0 unspecified atom stereocenters. The monoisotopic (exact) mass is 587 g/mol. The van der Waals surface area contributed by atoms with E-state index >= 15 is 0 Å². The van der Waals surface area contributed by atoms with Crippen LogP contribution in [0.1, 0.15) is 35.2 Å². The largest absolute Gasteiger partial charge is 0.490 e. The van der Waals surface area contributed by atoms with Gasteiger partial charge in [0.05, 0.1) is 4.90 Å². The van der Waals surface area contributed by atoms with Crippen molar-refractivity contribution in [3.8, 4) is 0 Å². The van der Waals surface area contributed by atoms with E-state index in [2.05, 4.69) is 10.0 Å². The fourth-order valence-electron chi connectivity index (χ4n) is 3.71. The Balaban J connectivity index is 0.000000708. The number of carboxylic acid groups (broad SMARTS) is 1. The Hall–Kier alpha value is -3.65. The third kappa shape index (κ3) is 10.2. The highest BCUT2D eigenvalue weighted by Crippen LogP contribution is 2.21. The Kier molecular flexibility index (Phi) is 11.9. The number of nitrogens with one attached hydrogen (secondary N) is 2. The SMILES string of the molecule is COCCCNC(=O)C1CCN(C(=O)c2ccc(NS(=O)(=O)c3ccc(C)cc3)cc2)CC1.O=C(O)C(F)(F)F. The molecule has 3 N–H and O–H groups in total. The molecule has 1 heterocycles. The van der Waals surface area contributed by atoms with Gasteiger partial charge in [0.1, 0.15) is 0 Å². The molecular weight excluding hydrogens is 555 g/mol. The van der Waals surface area contributed by atoms with Gasteiger partial charge in [-0.15, -0.1) is 0 Å². The first kappa shape index (κ1) is 32.6. The van der Waals surface area contributed by atoms with Crippen LogP contribution in [-0.2, 0) is 24.3 Å². The minimum absolute atomic E-state index is 0.0309. The normalized spacial score (nSPS) is 14.1. The van der Waals surface area contributed by atoms with Crippen LogP contribution in [0.4, 0.5) is 18.9 Å². The number of halogens is 3. The molecular formula is C26H32F3N3O7S. The number of carboxylic acids is 1. The van der Waals surface area contributed by atoms with E-state index in [0.717, 1.165) is 12.0 Å². The van der Waals surface area contributed by atoms with Gasteiger partial charge in [-0.25, -0.2) is 13.2 Å². The van der Waals surface area contributed by atoms with E-state index in [1.165, 1.54) is 0 Å². The van der Waals surface area contributed by atoms with Crippen LogP contribution in [0.3, 0.4) is 0 Å². The molecule has 0 radical (unpaired) electrons. The van der Waals surface area contributed by atoms with E-state index < -0.39 is 22.2 Å². The smallest absolute Gasteiger partial charge is 0.475 e. The van der Waals surface area contributed by atoms with Crippen LogP contribution >= 0.6 is 0 Å². The maximum atomic E-state index is 12.8. The van der Waals surface area contributed by atoms with Crippen molar-refractivity contribution in [2.24, 2.45) is 5.92 Å². The number of aryl methyl sites for hydroxylation is 1. The zero-order chi connectivity index (χ0) is 29.9. The number of sulfonamides is 1. The van der Waals surface area contributed by atoms with Crippen molar-refractivity contribution in [2.75, 3.05) is 38.1 Å². The topological polar surface area (TPSA) is 142 Å². The molecule has 1 fully saturated rings. The zero-order valence-electron chi connectivity index (χ0n) is 22.0. The molecule has 1 saturated heterocycles. The molecule has 10 nitrogen and oxygen atoms in total. The van der Waals surface area contributed by atoms with E-state index in [1.807, 2.05) is 6.92 Å². The van der Waals surface area contributed by atoms with Gasteiger partial charge in [0.25, 0.3) is 15.9 Å². The summed E-state index contributed by atoms with van der Waals surface area (Å²) in [5.74, 6) is -2.94. The molecule has 2 amide bonds. The van der Waals surface area contributed by atoms with Crippen LogP contribution < -0.4 is 10.0 Å². The van der Waals surface area contributed by atoms with E-state index in [1.54, 1.807) is 60.5 Å². The van der Waals surface area contributed by atoms with Gasteiger partial charge in [0, 0.05) is 50.5 Å². The van der Waals surface area contributed by atoms with Gasteiger partial charge < -0.3 is 20.1 Å². The van der Waals surface area contributed by atoms with Gasteiger partial charge >= 0.3 is 12.1 Å². The highest BCUT2D eigenvalue weighted by atomic mass is 32.2. The minimum Gasteiger partial charge on any atom is -0.475 e. The lowest BCUT2D eigenvalue weighted by Crippen LogP contribution is -2.43. The number of carbonyl (C=O) groups is 3. The summed E-state index contributed by atoms with van der Waals surface area (Å²) in [7, 11) is -2.07. The summed E-state index contributed by atoms with van der Waals surface area (Å²) in [6.07, 6.45) is -3.07. The second-order valence-electron chi connectivity index (χ2n) is 9.00. The Morgan fingerprint density at radius 1 is 1.02 bits per heavy atom. The molecule has 1 aliphatic rings. The maximum absolute atomic E-state index is 12.8. The molecule has 0 bridgehead atoms. The fraction of sp³-hybridized carbons (Fsp3) is 0.423. The predicted octanol–water partition coefficient (Wildman–Crippen LogP) is 3.43. The lowest BCUT2D eigenvalue weighted by molar-refractivity contribution is -0.192. The molecule has 0 aromatic heterocycles. The number of piperidine rings is 1. The first-order valence-corrected chi connectivity index (χ1v) is 13.8. The molecule has 40 heavy (non-hydrogen) atoms. The Morgan fingerprint density at radius 2 is 1.57 bits per heavy atom. The number of aliphatic carboxylic acids is 1. The van der Waals surface area contributed by atoms with Crippen LogP contribution in [0, 0.1) is 12.8 Å². The van der Waals surface area contributed by atoms with Crippen molar-refractivity contribution in [1.29, 1.82) is 0 Å². The standard InChI is InChI=1S/C24H31N3O5S.C2HF3O2/c1-18-4-10-22(11-5-18)33(30,31)26-21-8-6-20(7-9-21)24(29)27-15-12-19(13-16-27)23(28)25-14-3-17-32-2;3-2(4,5)1(6)7/h4-11,19,26H,3,12-17H2,1-2H3,(H,25,28);(H,6,7). The highest BCUT2D eigenvalue weighted by Gasteiger charge is 2.38. The summed E-state index contributed by atoms with van der Waals surface area (Å²) in [4.78, 5) is 35.9. The molecule has 2 aromatic rings. The van der Waals surface area contributed by atoms with Gasteiger partial charge in [0.2, 0.25) is 5.91 Å². The first-order chi connectivity index (χ1) is 18.7. The second kappa shape index (κ2) is 14.7. The maximum Gasteiger partial charge on any atom is 0.490 e. The Morgan fingerprint density at radius 3 is 2.08 bits per heavy atom. The number of likely N-dealkylation sites (tertiary alicyclic amines) is 1. The summed E-state index contributed by atoms with van der Waals surface area (Å²) in [5.41, 5.74) is 1.84. The number of ether oxygens (including phenoxy) is 1. The zero-order valence-corrected chi connectivity index (χ0v) is 22.8. The quantitative estimate of drug-likeness (QED) is 0.382. The Labute approximate surface area is 230 Å². The number of hydrogen-bond donors (Lipinski definition) is 3. The van der Waals surface area contributed by atoms with Crippen LogP contribution in [0.25, 0.3) is 0 Å². The molecule has 0 atom stereocenters. The van der Waals surface area contributed by atoms with Crippen molar-refractivity contribution in [3.05, 3.63) is 59.7 Å². The second-order valence-corrected chi connectivity index (χ2v) is 10.7. The number of amides is 2. The van der Waals surface area contributed by atoms with Gasteiger partial charge in [0.15, 0.2) is 0 Å². The third-order valence-corrected chi connectivity index (χ3v) is 7.33. The molecule has 1 aliphatic heterocycles. The van der Waals surface area contributed by atoms with Crippen molar-refractivity contribution < 1.29 is 45.8 Å². The molecule has 0 saturated carbocycles. The predicted molar refractivity (Wildman–Crippen MR) is 140 cm³/mol. The van der Waals surface area contributed by atoms with Crippen LogP contribution in [0.15, 0.2) is 53.4 Å². The van der Waals surface area contributed by atoms with E-state index in [4.69, 9.17) is 14.6 Å². The van der Waals surface area contributed by atoms with E-state index in [9.17, 15) is 31.2 Å². The number of methoxy groups -OCH3 is 1.